The van der Waals surface area contributed by atoms with Crippen LogP contribution >= 0.6 is 11.8 Å². The number of aromatic nitrogens is 4. The summed E-state index contributed by atoms with van der Waals surface area (Å²) in [5.41, 5.74) is 0. The lowest BCUT2D eigenvalue weighted by molar-refractivity contribution is 0.0704. The van der Waals surface area contributed by atoms with Gasteiger partial charge in [-0.3, -0.25) is 0 Å². The minimum absolute atomic E-state index is 0.604. The summed E-state index contributed by atoms with van der Waals surface area (Å²) in [6.07, 6.45) is 2.83. The average Bonchev–Trinajstić information content (AvgIpc) is 2.87. The van der Waals surface area contributed by atoms with Gasteiger partial charge in [-0.05, 0) is 43.9 Å². The van der Waals surface area contributed by atoms with Gasteiger partial charge in [-0.25, -0.2) is 4.68 Å². The normalized spacial score (nSPS) is 12.0. The molecule has 0 aliphatic rings. The SMILES string of the molecule is CCO[Si](CCCn1nnnc1SC)(OCC)OCC. The summed E-state index contributed by atoms with van der Waals surface area (Å²) >= 11 is 1.54. The maximum absolute atomic E-state index is 5.81. The zero-order valence-electron chi connectivity index (χ0n) is 12.7. The molecule has 0 aromatic carbocycles. The zero-order chi connectivity index (χ0) is 14.8. The molecule has 0 saturated carbocycles. The number of nitrogens with zero attached hydrogens (tertiary/aromatic N) is 4. The highest BCUT2D eigenvalue weighted by Crippen LogP contribution is 2.19. The highest BCUT2D eigenvalue weighted by atomic mass is 32.2. The first-order chi connectivity index (χ1) is 9.71. The molecule has 1 aromatic heterocycles. The van der Waals surface area contributed by atoms with Crippen molar-refractivity contribution in [2.75, 3.05) is 26.1 Å². The summed E-state index contributed by atoms with van der Waals surface area (Å²) in [6.45, 7) is 8.45. The Morgan fingerprint density at radius 1 is 1.10 bits per heavy atom. The third-order valence-electron chi connectivity index (χ3n) is 2.63. The quantitative estimate of drug-likeness (QED) is 0.455. The molecule has 0 unspecified atom stereocenters. The van der Waals surface area contributed by atoms with Gasteiger partial charge in [-0.1, -0.05) is 11.8 Å². The van der Waals surface area contributed by atoms with E-state index in [1.807, 2.05) is 27.0 Å². The molecule has 0 aliphatic carbocycles. The Balaban J connectivity index is 2.56. The Morgan fingerprint density at radius 2 is 1.70 bits per heavy atom. The summed E-state index contributed by atoms with van der Waals surface area (Å²) in [6, 6.07) is 0.774. The van der Waals surface area contributed by atoms with Crippen LogP contribution in [0.1, 0.15) is 27.2 Å². The van der Waals surface area contributed by atoms with Gasteiger partial charge in [-0.2, -0.15) is 0 Å². The van der Waals surface area contributed by atoms with Gasteiger partial charge < -0.3 is 13.3 Å². The van der Waals surface area contributed by atoms with E-state index >= 15 is 0 Å². The topological polar surface area (TPSA) is 71.3 Å². The van der Waals surface area contributed by atoms with Gasteiger partial charge in [0.1, 0.15) is 0 Å². The van der Waals surface area contributed by atoms with E-state index in [0.29, 0.717) is 19.8 Å². The van der Waals surface area contributed by atoms with Crippen LogP contribution in [0.5, 0.6) is 0 Å². The van der Waals surface area contributed by atoms with Crippen molar-refractivity contribution in [1.82, 2.24) is 20.2 Å². The second-order valence-electron chi connectivity index (χ2n) is 3.97. The lowest BCUT2D eigenvalue weighted by Gasteiger charge is -2.28. The van der Waals surface area contributed by atoms with Crippen molar-refractivity contribution in [2.45, 2.75) is 44.9 Å². The summed E-state index contributed by atoms with van der Waals surface area (Å²) in [5.74, 6) is 0. The Morgan fingerprint density at radius 3 is 2.20 bits per heavy atom. The first kappa shape index (κ1) is 17.6. The maximum atomic E-state index is 5.81. The van der Waals surface area contributed by atoms with Crippen LogP contribution in [-0.2, 0) is 19.8 Å². The number of aryl methyl sites for hydroxylation is 1. The van der Waals surface area contributed by atoms with E-state index < -0.39 is 8.80 Å². The molecule has 7 nitrogen and oxygen atoms in total. The molecule has 20 heavy (non-hydrogen) atoms. The molecule has 0 bridgehead atoms. The van der Waals surface area contributed by atoms with E-state index in [1.54, 1.807) is 4.68 Å². The van der Waals surface area contributed by atoms with Crippen LogP contribution in [0, 0.1) is 0 Å². The molecule has 1 rings (SSSR count). The average molecular weight is 320 g/mol. The standard InChI is InChI=1S/C11H24N4O3SSi/c1-5-16-20(17-6-2,18-7-3)10-8-9-15-11(19-4)12-13-14-15/h5-10H2,1-4H3. The van der Waals surface area contributed by atoms with Crippen LogP contribution in [0.2, 0.25) is 6.04 Å². The number of hydrogen-bond donors (Lipinski definition) is 0. The molecular formula is C11H24N4O3SSi. The molecule has 0 aliphatic heterocycles. The van der Waals surface area contributed by atoms with Crippen molar-refractivity contribution in [2.24, 2.45) is 0 Å². The molecule has 9 heteroatoms. The van der Waals surface area contributed by atoms with Crippen LogP contribution in [0.4, 0.5) is 0 Å². The monoisotopic (exact) mass is 320 g/mol. The highest BCUT2D eigenvalue weighted by molar-refractivity contribution is 7.98. The molecule has 0 fully saturated rings. The van der Waals surface area contributed by atoms with Crippen molar-refractivity contribution >= 4 is 20.6 Å². The predicted molar refractivity (Wildman–Crippen MR) is 79.7 cm³/mol. The molecule has 0 radical (unpaired) electrons. The smallest absolute Gasteiger partial charge is 0.374 e. The Kier molecular flexibility index (Phi) is 8.30. The van der Waals surface area contributed by atoms with Crippen LogP contribution in [0.25, 0.3) is 0 Å². The van der Waals surface area contributed by atoms with Crippen molar-refractivity contribution in [1.29, 1.82) is 0 Å². The van der Waals surface area contributed by atoms with Gasteiger partial charge in [0, 0.05) is 32.4 Å². The van der Waals surface area contributed by atoms with Gasteiger partial charge >= 0.3 is 8.80 Å². The molecule has 0 amide bonds. The van der Waals surface area contributed by atoms with Crippen LogP contribution in [0.3, 0.4) is 0 Å². The fraction of sp³-hybridized carbons (Fsp3) is 0.909. The van der Waals surface area contributed by atoms with Crippen LogP contribution < -0.4 is 0 Å². The van der Waals surface area contributed by atoms with E-state index in [2.05, 4.69) is 15.5 Å². The van der Waals surface area contributed by atoms with E-state index in [0.717, 1.165) is 24.2 Å². The fourth-order valence-corrected chi connectivity index (χ4v) is 4.98. The summed E-state index contributed by atoms with van der Waals surface area (Å²) in [7, 11) is -2.55. The molecule has 0 N–H and O–H groups in total. The summed E-state index contributed by atoms with van der Waals surface area (Å²) in [5, 5.41) is 12.4. The summed E-state index contributed by atoms with van der Waals surface area (Å²) in [4.78, 5) is 0. The Labute approximate surface area is 125 Å². The van der Waals surface area contributed by atoms with E-state index in [1.165, 1.54) is 11.8 Å². The first-order valence-electron chi connectivity index (χ1n) is 6.93. The maximum Gasteiger partial charge on any atom is 0.500 e. The van der Waals surface area contributed by atoms with Crippen molar-refractivity contribution in [3.05, 3.63) is 0 Å². The fourth-order valence-electron chi connectivity index (χ4n) is 1.93. The zero-order valence-corrected chi connectivity index (χ0v) is 14.5. The van der Waals surface area contributed by atoms with E-state index in [4.69, 9.17) is 13.3 Å². The lowest BCUT2D eigenvalue weighted by atomic mass is 10.5. The molecule has 1 heterocycles. The molecule has 116 valence electrons. The minimum atomic E-state index is -2.55. The Hall–Kier alpha value is -0.483. The lowest BCUT2D eigenvalue weighted by Crippen LogP contribution is -2.46. The second kappa shape index (κ2) is 9.45. The van der Waals surface area contributed by atoms with E-state index in [9.17, 15) is 0 Å². The molecule has 0 atom stereocenters. The number of thioether (sulfide) groups is 1. The highest BCUT2D eigenvalue weighted by Gasteiger charge is 2.39. The van der Waals surface area contributed by atoms with Crippen molar-refractivity contribution in [3.8, 4) is 0 Å². The Bertz CT molecular complexity index is 363. The van der Waals surface area contributed by atoms with Crippen LogP contribution in [0.15, 0.2) is 5.16 Å². The third kappa shape index (κ3) is 5.13. The van der Waals surface area contributed by atoms with E-state index in [-0.39, 0.29) is 0 Å². The third-order valence-corrected chi connectivity index (χ3v) is 6.44. The predicted octanol–water partition coefficient (Wildman–Crippen LogP) is 1.83. The molecule has 0 saturated heterocycles. The number of hydrogen-bond acceptors (Lipinski definition) is 7. The molecule has 1 aromatic rings. The summed E-state index contributed by atoms with van der Waals surface area (Å²) < 4.78 is 19.2. The van der Waals surface area contributed by atoms with Crippen LogP contribution in [-0.4, -0.2) is 55.1 Å². The largest absolute Gasteiger partial charge is 0.500 e. The van der Waals surface area contributed by atoms with Gasteiger partial charge in [0.25, 0.3) is 0 Å². The van der Waals surface area contributed by atoms with Gasteiger partial charge in [0.15, 0.2) is 0 Å². The number of rotatable bonds is 11. The van der Waals surface area contributed by atoms with Gasteiger partial charge in [0.2, 0.25) is 5.16 Å². The van der Waals surface area contributed by atoms with Gasteiger partial charge in [0.05, 0.1) is 0 Å². The second-order valence-corrected chi connectivity index (χ2v) is 7.48. The molecular weight excluding hydrogens is 296 g/mol. The van der Waals surface area contributed by atoms with Crippen molar-refractivity contribution in [3.63, 3.8) is 0 Å². The number of tetrazole rings is 1. The van der Waals surface area contributed by atoms with Crippen molar-refractivity contribution < 1.29 is 13.3 Å². The first-order valence-corrected chi connectivity index (χ1v) is 10.1. The van der Waals surface area contributed by atoms with Gasteiger partial charge in [-0.15, -0.1) is 5.10 Å². The minimum Gasteiger partial charge on any atom is -0.374 e. The molecule has 0 spiro atoms.